The van der Waals surface area contributed by atoms with Crippen molar-refractivity contribution in [2.45, 2.75) is 19.4 Å². The number of hydrogen-bond donors (Lipinski definition) is 0. The molecule has 5 aromatic rings. The quantitative estimate of drug-likeness (QED) is 0.310. The molecule has 1 aliphatic carbocycles. The number of allylic oxidation sites excluding steroid dienone is 1. The minimum Gasteiger partial charge on any atom is -0.465 e. The number of fused-ring (bicyclic) bond motifs is 2. The molecule has 0 saturated carbocycles. The minimum atomic E-state index is -0.431. The molecule has 8 heteroatoms. The summed E-state index contributed by atoms with van der Waals surface area (Å²) in [4.78, 5) is 19.0. The van der Waals surface area contributed by atoms with Gasteiger partial charge < -0.3 is 13.6 Å². The third-order valence-corrected chi connectivity index (χ3v) is 6.39. The summed E-state index contributed by atoms with van der Waals surface area (Å²) in [5.41, 5.74) is 4.03. The van der Waals surface area contributed by atoms with Crippen molar-refractivity contribution in [2.24, 2.45) is 0 Å². The van der Waals surface area contributed by atoms with Crippen LogP contribution in [0.1, 0.15) is 39.7 Å². The van der Waals surface area contributed by atoms with E-state index in [0.29, 0.717) is 17.9 Å². The third kappa shape index (κ3) is 3.64. The molecule has 0 saturated heterocycles. The van der Waals surface area contributed by atoms with Crippen LogP contribution < -0.4 is 0 Å². The topological polar surface area (TPSA) is 91.2 Å². The molecule has 6 rings (SSSR count). The number of carbonyl (C=O) groups is 1. The van der Waals surface area contributed by atoms with Crippen molar-refractivity contribution in [1.82, 2.24) is 15.2 Å². The predicted octanol–water partition coefficient (Wildman–Crippen LogP) is 5.78. The lowest BCUT2D eigenvalue weighted by Gasteiger charge is -2.11. The summed E-state index contributed by atoms with van der Waals surface area (Å²) < 4.78 is 16.7. The van der Waals surface area contributed by atoms with E-state index in [0.717, 1.165) is 44.8 Å². The third-order valence-electron chi connectivity index (χ3n) is 5.53. The monoisotopic (exact) mass is 455 g/mol. The van der Waals surface area contributed by atoms with E-state index in [9.17, 15) is 4.79 Å². The zero-order valence-corrected chi connectivity index (χ0v) is 18.2. The van der Waals surface area contributed by atoms with Gasteiger partial charge in [-0.1, -0.05) is 24.3 Å². The van der Waals surface area contributed by atoms with Crippen molar-refractivity contribution in [1.29, 1.82) is 0 Å². The SMILES string of the molecule is O=C(OCc1nnc(-c2cccs2)o1)c1c2c(nc3ccccc13)/C(=C/c1ccco1)CC2. The molecule has 0 unspecified atom stereocenters. The van der Waals surface area contributed by atoms with Crippen LogP contribution in [0, 0.1) is 0 Å². The number of para-hydroxylation sites is 1. The fraction of sp³-hybridized carbons (Fsp3) is 0.120. The maximum Gasteiger partial charge on any atom is 0.339 e. The molecule has 0 atom stereocenters. The van der Waals surface area contributed by atoms with Gasteiger partial charge in [-0.05, 0) is 59.7 Å². The normalized spacial score (nSPS) is 14.1. The Balaban J connectivity index is 1.33. The largest absolute Gasteiger partial charge is 0.465 e. The zero-order valence-electron chi connectivity index (χ0n) is 17.4. The number of pyridine rings is 1. The van der Waals surface area contributed by atoms with Crippen LogP contribution in [0.4, 0.5) is 0 Å². The number of nitrogens with zero attached hydrogens (tertiary/aromatic N) is 3. The van der Waals surface area contributed by atoms with Crippen LogP contribution >= 0.6 is 11.3 Å². The predicted molar refractivity (Wildman–Crippen MR) is 123 cm³/mol. The number of ether oxygens (including phenoxy) is 1. The zero-order chi connectivity index (χ0) is 22.2. The van der Waals surface area contributed by atoms with Crippen molar-refractivity contribution < 1.29 is 18.4 Å². The van der Waals surface area contributed by atoms with Gasteiger partial charge in [-0.3, -0.25) is 0 Å². The van der Waals surface area contributed by atoms with Crippen molar-refractivity contribution in [3.63, 3.8) is 0 Å². The fourth-order valence-electron chi connectivity index (χ4n) is 4.07. The van der Waals surface area contributed by atoms with Gasteiger partial charge in [-0.25, -0.2) is 9.78 Å². The maximum absolute atomic E-state index is 13.3. The number of rotatable bonds is 5. The van der Waals surface area contributed by atoms with Gasteiger partial charge in [0.15, 0.2) is 6.61 Å². The van der Waals surface area contributed by atoms with Gasteiger partial charge in [0.05, 0.1) is 27.9 Å². The molecule has 4 heterocycles. The van der Waals surface area contributed by atoms with E-state index in [4.69, 9.17) is 18.6 Å². The van der Waals surface area contributed by atoms with Gasteiger partial charge in [0.25, 0.3) is 11.8 Å². The highest BCUT2D eigenvalue weighted by molar-refractivity contribution is 7.13. The van der Waals surface area contributed by atoms with E-state index >= 15 is 0 Å². The van der Waals surface area contributed by atoms with E-state index in [2.05, 4.69) is 10.2 Å². The standard InChI is InChI=1S/C25H17N3O4S/c29-25(31-14-21-27-28-24(32-21)20-8-4-12-33-20)22-17-6-1-2-7-19(17)26-23-15(9-10-18(22)23)13-16-5-3-11-30-16/h1-8,11-13H,9-10,14H2/b15-13+. The highest BCUT2D eigenvalue weighted by Crippen LogP contribution is 2.38. The van der Waals surface area contributed by atoms with Crippen LogP contribution in [0.15, 0.2) is 69.0 Å². The van der Waals surface area contributed by atoms with Crippen molar-refractivity contribution in [3.8, 4) is 10.8 Å². The molecule has 0 N–H and O–H groups in total. The van der Waals surface area contributed by atoms with Gasteiger partial charge in [0.2, 0.25) is 0 Å². The second kappa shape index (κ2) is 8.14. The van der Waals surface area contributed by atoms with E-state index < -0.39 is 5.97 Å². The first kappa shape index (κ1) is 19.6. The van der Waals surface area contributed by atoms with Crippen LogP contribution in [0.2, 0.25) is 0 Å². The molecule has 0 aliphatic heterocycles. The Bertz CT molecular complexity index is 1480. The minimum absolute atomic E-state index is 0.0995. The van der Waals surface area contributed by atoms with Crippen molar-refractivity contribution >= 4 is 39.9 Å². The summed E-state index contributed by atoms with van der Waals surface area (Å²) in [5, 5.41) is 10.7. The van der Waals surface area contributed by atoms with Crippen molar-refractivity contribution in [2.75, 3.05) is 0 Å². The Kier molecular flexibility index (Phi) is 4.84. The average molecular weight is 455 g/mol. The summed E-state index contributed by atoms with van der Waals surface area (Å²) in [6.07, 6.45) is 5.09. The first-order chi connectivity index (χ1) is 16.3. The number of furan rings is 1. The molecule has 4 aromatic heterocycles. The second-order valence-electron chi connectivity index (χ2n) is 7.57. The van der Waals surface area contributed by atoms with Crippen LogP contribution in [0.25, 0.3) is 33.3 Å². The van der Waals surface area contributed by atoms with Crippen LogP contribution in [0.3, 0.4) is 0 Å². The van der Waals surface area contributed by atoms with Crippen LogP contribution in [-0.2, 0) is 17.8 Å². The fourth-order valence-corrected chi connectivity index (χ4v) is 4.71. The summed E-state index contributed by atoms with van der Waals surface area (Å²) in [6.45, 7) is -0.0995. The Labute approximate surface area is 192 Å². The molecule has 0 spiro atoms. The molecule has 0 bridgehead atoms. The van der Waals surface area contributed by atoms with Gasteiger partial charge in [0.1, 0.15) is 5.76 Å². The number of carbonyl (C=O) groups excluding carboxylic acids is 1. The Hall–Kier alpha value is -4.04. The summed E-state index contributed by atoms with van der Waals surface area (Å²) in [7, 11) is 0. The smallest absolute Gasteiger partial charge is 0.339 e. The lowest BCUT2D eigenvalue weighted by atomic mass is 10.0. The molecule has 33 heavy (non-hydrogen) atoms. The number of esters is 1. The average Bonchev–Trinajstić information content (AvgIpc) is 3.64. The highest BCUT2D eigenvalue weighted by atomic mass is 32.1. The van der Waals surface area contributed by atoms with E-state index in [-0.39, 0.29) is 12.5 Å². The molecule has 162 valence electrons. The molecule has 0 amide bonds. The Morgan fingerprint density at radius 1 is 1.09 bits per heavy atom. The molecular weight excluding hydrogens is 438 g/mol. The van der Waals surface area contributed by atoms with E-state index in [1.165, 1.54) is 11.3 Å². The van der Waals surface area contributed by atoms with Gasteiger partial charge in [-0.2, -0.15) is 0 Å². The molecule has 1 aromatic carbocycles. The maximum atomic E-state index is 13.3. The van der Waals surface area contributed by atoms with Gasteiger partial charge in [-0.15, -0.1) is 21.5 Å². The number of aromatic nitrogens is 3. The molecule has 0 radical (unpaired) electrons. The van der Waals surface area contributed by atoms with Gasteiger partial charge >= 0.3 is 5.97 Å². The Morgan fingerprint density at radius 2 is 2.03 bits per heavy atom. The highest BCUT2D eigenvalue weighted by Gasteiger charge is 2.28. The lowest BCUT2D eigenvalue weighted by molar-refractivity contribution is 0.0440. The molecule has 7 nitrogen and oxygen atoms in total. The van der Waals surface area contributed by atoms with E-state index in [1.807, 2.05) is 60.0 Å². The summed E-state index contributed by atoms with van der Waals surface area (Å²) >= 11 is 1.50. The number of thiophene rings is 1. The first-order valence-corrected chi connectivity index (χ1v) is 11.3. The summed E-state index contributed by atoms with van der Waals surface area (Å²) in [5.74, 6) is 0.994. The van der Waals surface area contributed by atoms with Crippen molar-refractivity contribution in [3.05, 3.63) is 88.6 Å². The molecule has 0 fully saturated rings. The first-order valence-electron chi connectivity index (χ1n) is 10.5. The Morgan fingerprint density at radius 3 is 2.88 bits per heavy atom. The molecular formula is C25H17N3O4S. The molecule has 1 aliphatic rings. The lowest BCUT2D eigenvalue weighted by Crippen LogP contribution is -2.10. The summed E-state index contributed by atoms with van der Waals surface area (Å²) in [6, 6.07) is 15.2. The van der Waals surface area contributed by atoms with Crippen LogP contribution in [0.5, 0.6) is 0 Å². The van der Waals surface area contributed by atoms with Crippen LogP contribution in [-0.4, -0.2) is 21.2 Å². The van der Waals surface area contributed by atoms with Gasteiger partial charge in [0, 0.05) is 5.39 Å². The second-order valence-corrected chi connectivity index (χ2v) is 8.52. The number of hydrogen-bond acceptors (Lipinski definition) is 8. The van der Waals surface area contributed by atoms with E-state index in [1.54, 1.807) is 6.26 Å². The number of benzene rings is 1.